The summed E-state index contributed by atoms with van der Waals surface area (Å²) in [6, 6.07) is 0. The van der Waals surface area contributed by atoms with Gasteiger partial charge in [-0.15, -0.1) is 0 Å². The van der Waals surface area contributed by atoms with Crippen LogP contribution in [0.15, 0.2) is 0 Å². The van der Waals surface area contributed by atoms with Crippen molar-refractivity contribution in [3.63, 3.8) is 0 Å². The van der Waals surface area contributed by atoms with Crippen LogP contribution in [-0.4, -0.2) is 29.9 Å². The summed E-state index contributed by atoms with van der Waals surface area (Å²) >= 11 is 0. The monoisotopic (exact) mass is 282 g/mol. The number of carbonyl (C=O) groups is 3. The highest BCUT2D eigenvalue weighted by atomic mass is 16.6. The van der Waals surface area contributed by atoms with Crippen molar-refractivity contribution in [2.24, 2.45) is 17.8 Å². The molecule has 0 aromatic rings. The maximum absolute atomic E-state index is 11.9. The standard InChI is InChI=1S/C15H22O5/c1-4-19-14(18)7-11-9(2)15(6-5-13(17)20-15)8-12(11)10(3)16/h9,11-12H,4-8H2,1-3H3/t9-,11-,12-,15-/m1/s1. The zero-order valence-electron chi connectivity index (χ0n) is 12.3. The fraction of sp³-hybridized carbons (Fsp3) is 0.800. The number of rotatable bonds is 4. The maximum Gasteiger partial charge on any atom is 0.306 e. The lowest BCUT2D eigenvalue weighted by molar-refractivity contribution is -0.151. The summed E-state index contributed by atoms with van der Waals surface area (Å²) in [7, 11) is 0. The van der Waals surface area contributed by atoms with Gasteiger partial charge in [0.2, 0.25) is 0 Å². The van der Waals surface area contributed by atoms with Crippen LogP contribution < -0.4 is 0 Å². The topological polar surface area (TPSA) is 69.7 Å². The molecule has 1 spiro atoms. The minimum Gasteiger partial charge on any atom is -0.466 e. The Hall–Kier alpha value is -1.39. The SMILES string of the molecule is CCOC(=O)C[C@H]1[C@@H](C(C)=O)C[C@]2(CCC(=O)O2)[C@@H]1C. The van der Waals surface area contributed by atoms with Crippen LogP contribution in [0.3, 0.4) is 0 Å². The van der Waals surface area contributed by atoms with E-state index in [0.29, 0.717) is 25.9 Å². The van der Waals surface area contributed by atoms with Gasteiger partial charge in [0.1, 0.15) is 11.4 Å². The third-order valence-electron chi connectivity index (χ3n) is 4.85. The van der Waals surface area contributed by atoms with Gasteiger partial charge in [0, 0.05) is 24.7 Å². The van der Waals surface area contributed by atoms with Crippen LogP contribution in [0.25, 0.3) is 0 Å². The Morgan fingerprint density at radius 1 is 1.45 bits per heavy atom. The van der Waals surface area contributed by atoms with Gasteiger partial charge in [-0.1, -0.05) is 6.92 Å². The van der Waals surface area contributed by atoms with Crippen LogP contribution in [-0.2, 0) is 23.9 Å². The van der Waals surface area contributed by atoms with Gasteiger partial charge in [-0.25, -0.2) is 0 Å². The minimum absolute atomic E-state index is 0.00672. The summed E-state index contributed by atoms with van der Waals surface area (Å²) in [6.07, 6.45) is 1.81. The zero-order valence-corrected chi connectivity index (χ0v) is 12.3. The molecule has 0 aromatic carbocycles. The van der Waals surface area contributed by atoms with Crippen molar-refractivity contribution < 1.29 is 23.9 Å². The van der Waals surface area contributed by atoms with Crippen LogP contribution in [0.5, 0.6) is 0 Å². The lowest BCUT2D eigenvalue weighted by Crippen LogP contribution is -2.33. The van der Waals surface area contributed by atoms with Crippen LogP contribution in [0.1, 0.15) is 46.5 Å². The fourth-order valence-electron chi connectivity index (χ4n) is 3.73. The molecule has 1 saturated heterocycles. The molecule has 2 rings (SSSR count). The van der Waals surface area contributed by atoms with E-state index in [9.17, 15) is 14.4 Å². The van der Waals surface area contributed by atoms with E-state index in [1.807, 2.05) is 6.92 Å². The zero-order chi connectivity index (χ0) is 14.9. The first-order valence-electron chi connectivity index (χ1n) is 7.27. The van der Waals surface area contributed by atoms with Gasteiger partial charge in [0.15, 0.2) is 0 Å². The van der Waals surface area contributed by atoms with E-state index in [4.69, 9.17) is 9.47 Å². The summed E-state index contributed by atoms with van der Waals surface area (Å²) in [5.41, 5.74) is -0.551. The van der Waals surface area contributed by atoms with E-state index in [1.54, 1.807) is 13.8 Å². The quantitative estimate of drug-likeness (QED) is 0.736. The summed E-state index contributed by atoms with van der Waals surface area (Å²) < 4.78 is 10.5. The molecule has 0 radical (unpaired) electrons. The van der Waals surface area contributed by atoms with Gasteiger partial charge in [-0.2, -0.15) is 0 Å². The molecule has 5 heteroatoms. The van der Waals surface area contributed by atoms with Crippen molar-refractivity contribution >= 4 is 17.7 Å². The summed E-state index contributed by atoms with van der Waals surface area (Å²) in [6.45, 7) is 5.63. The Morgan fingerprint density at radius 2 is 2.15 bits per heavy atom. The largest absolute Gasteiger partial charge is 0.466 e. The third kappa shape index (κ3) is 2.58. The number of ether oxygens (including phenoxy) is 2. The number of ketones is 1. The first-order chi connectivity index (χ1) is 9.39. The second-order valence-corrected chi connectivity index (χ2v) is 5.92. The molecule has 2 aliphatic rings. The molecule has 0 amide bonds. The van der Waals surface area contributed by atoms with Gasteiger partial charge >= 0.3 is 11.9 Å². The van der Waals surface area contributed by atoms with Gasteiger partial charge < -0.3 is 9.47 Å². The van der Waals surface area contributed by atoms with Crippen molar-refractivity contribution in [2.45, 2.75) is 52.1 Å². The van der Waals surface area contributed by atoms with E-state index in [2.05, 4.69) is 0 Å². The van der Waals surface area contributed by atoms with Crippen molar-refractivity contribution in [1.29, 1.82) is 0 Å². The molecule has 1 aliphatic carbocycles. The molecule has 0 unspecified atom stereocenters. The van der Waals surface area contributed by atoms with E-state index < -0.39 is 5.60 Å². The normalized spacial score (nSPS) is 36.1. The van der Waals surface area contributed by atoms with Crippen molar-refractivity contribution in [1.82, 2.24) is 0 Å². The van der Waals surface area contributed by atoms with Gasteiger partial charge in [0.05, 0.1) is 6.61 Å². The van der Waals surface area contributed by atoms with Crippen molar-refractivity contribution in [3.8, 4) is 0 Å². The Labute approximate surface area is 119 Å². The molecular weight excluding hydrogens is 260 g/mol. The number of hydrogen-bond donors (Lipinski definition) is 0. The molecule has 112 valence electrons. The molecule has 5 nitrogen and oxygen atoms in total. The molecule has 1 saturated carbocycles. The maximum atomic E-state index is 11.9. The van der Waals surface area contributed by atoms with Crippen LogP contribution >= 0.6 is 0 Å². The van der Waals surface area contributed by atoms with Gasteiger partial charge in [0.25, 0.3) is 0 Å². The summed E-state index contributed by atoms with van der Waals surface area (Å²) in [5.74, 6) is -0.733. The molecule has 2 fully saturated rings. The van der Waals surface area contributed by atoms with Crippen LogP contribution in [0.4, 0.5) is 0 Å². The lowest BCUT2D eigenvalue weighted by Gasteiger charge is -2.29. The Kier molecular flexibility index (Phi) is 4.16. The van der Waals surface area contributed by atoms with Crippen LogP contribution in [0.2, 0.25) is 0 Å². The molecule has 20 heavy (non-hydrogen) atoms. The molecule has 0 aromatic heterocycles. The smallest absolute Gasteiger partial charge is 0.306 e. The average molecular weight is 282 g/mol. The summed E-state index contributed by atoms with van der Waals surface area (Å²) in [4.78, 5) is 35.1. The highest BCUT2D eigenvalue weighted by Crippen LogP contribution is 2.52. The molecule has 1 heterocycles. The highest BCUT2D eigenvalue weighted by molar-refractivity contribution is 5.81. The Balaban J connectivity index is 2.18. The molecule has 1 aliphatic heterocycles. The van der Waals surface area contributed by atoms with Gasteiger partial charge in [-0.3, -0.25) is 14.4 Å². The van der Waals surface area contributed by atoms with E-state index in [1.165, 1.54) is 0 Å². The van der Waals surface area contributed by atoms with Crippen molar-refractivity contribution in [2.75, 3.05) is 6.61 Å². The molecule has 4 atom stereocenters. The number of hydrogen-bond acceptors (Lipinski definition) is 5. The van der Waals surface area contributed by atoms with E-state index >= 15 is 0 Å². The third-order valence-corrected chi connectivity index (χ3v) is 4.85. The first-order valence-corrected chi connectivity index (χ1v) is 7.27. The van der Waals surface area contributed by atoms with Crippen molar-refractivity contribution in [3.05, 3.63) is 0 Å². The second-order valence-electron chi connectivity index (χ2n) is 5.92. The van der Waals surface area contributed by atoms with Gasteiger partial charge in [-0.05, 0) is 32.6 Å². The number of esters is 2. The fourth-order valence-corrected chi connectivity index (χ4v) is 3.73. The highest BCUT2D eigenvalue weighted by Gasteiger charge is 2.57. The number of Topliss-reactive ketones (excluding diaryl/α,β-unsaturated/α-hetero) is 1. The predicted molar refractivity (Wildman–Crippen MR) is 70.7 cm³/mol. The average Bonchev–Trinajstić information content (AvgIpc) is 2.86. The Morgan fingerprint density at radius 3 is 2.65 bits per heavy atom. The second kappa shape index (κ2) is 5.54. The molecule has 0 N–H and O–H groups in total. The van der Waals surface area contributed by atoms with E-state index in [0.717, 1.165) is 0 Å². The van der Waals surface area contributed by atoms with Crippen LogP contribution in [0, 0.1) is 17.8 Å². The first kappa shape index (κ1) is 15.0. The lowest BCUT2D eigenvalue weighted by atomic mass is 9.82. The number of carbonyl (C=O) groups excluding carboxylic acids is 3. The predicted octanol–water partition coefficient (Wildman–Crippen LogP) is 1.88. The molecular formula is C15H22O5. The minimum atomic E-state index is -0.551. The Bertz CT molecular complexity index is 430. The summed E-state index contributed by atoms with van der Waals surface area (Å²) in [5, 5.41) is 0. The molecule has 0 bridgehead atoms. The van der Waals surface area contributed by atoms with E-state index in [-0.39, 0.29) is 41.9 Å².